The first-order valence-electron chi connectivity index (χ1n) is 5.52. The van der Waals surface area contributed by atoms with Crippen LogP contribution < -0.4 is 0 Å². The average Bonchev–Trinajstić information content (AvgIpc) is 2.76. The van der Waals surface area contributed by atoms with Gasteiger partial charge in [0.1, 0.15) is 11.9 Å². The third kappa shape index (κ3) is 2.42. The summed E-state index contributed by atoms with van der Waals surface area (Å²) >= 11 is 5.92. The van der Waals surface area contributed by atoms with E-state index >= 15 is 0 Å². The first-order chi connectivity index (χ1) is 8.11. The van der Waals surface area contributed by atoms with Gasteiger partial charge in [-0.3, -0.25) is 9.69 Å². The highest BCUT2D eigenvalue weighted by Crippen LogP contribution is 2.32. The fourth-order valence-electron chi connectivity index (χ4n) is 2.23. The molecule has 1 N–H and O–H groups in total. The van der Waals surface area contributed by atoms with Gasteiger partial charge >= 0.3 is 5.97 Å². The fraction of sp³-hybridized carbons (Fsp3) is 0.417. The van der Waals surface area contributed by atoms with E-state index < -0.39 is 17.8 Å². The highest BCUT2D eigenvalue weighted by atomic mass is 35.5. The predicted octanol–water partition coefficient (Wildman–Crippen LogP) is 2.70. The number of likely N-dealkylation sites (tertiary alicyclic amines) is 1. The summed E-state index contributed by atoms with van der Waals surface area (Å²) in [5.74, 6) is -1.62. The Kier molecular flexibility index (Phi) is 3.64. The number of halogens is 2. The molecule has 3 nitrogen and oxygen atoms in total. The number of carbonyl (C=O) groups is 1. The molecule has 17 heavy (non-hydrogen) atoms. The highest BCUT2D eigenvalue weighted by molar-refractivity contribution is 6.31. The van der Waals surface area contributed by atoms with Crippen molar-refractivity contribution in [3.8, 4) is 0 Å². The minimum atomic E-state index is -1.06. The maximum absolute atomic E-state index is 13.7. The van der Waals surface area contributed by atoms with Crippen molar-refractivity contribution in [1.82, 2.24) is 4.90 Å². The Morgan fingerprint density at radius 1 is 1.41 bits per heavy atom. The number of rotatable bonds is 3. The lowest BCUT2D eigenvalue weighted by Crippen LogP contribution is -2.32. The van der Waals surface area contributed by atoms with Gasteiger partial charge in [0.2, 0.25) is 0 Å². The van der Waals surface area contributed by atoms with E-state index in [4.69, 9.17) is 11.6 Å². The van der Waals surface area contributed by atoms with Gasteiger partial charge in [0.05, 0.1) is 0 Å². The van der Waals surface area contributed by atoms with Crippen molar-refractivity contribution < 1.29 is 14.3 Å². The summed E-state index contributed by atoms with van der Waals surface area (Å²) in [6, 6.07) is 3.26. The van der Waals surface area contributed by atoms with E-state index in [0.29, 0.717) is 13.1 Å². The molecule has 1 saturated heterocycles. The minimum absolute atomic E-state index is 0.0727. The summed E-state index contributed by atoms with van der Waals surface area (Å²) in [4.78, 5) is 13.1. The lowest BCUT2D eigenvalue weighted by atomic mass is 10.0. The molecule has 2 rings (SSSR count). The smallest absolute Gasteiger partial charge is 0.325 e. The number of benzene rings is 1. The summed E-state index contributed by atoms with van der Waals surface area (Å²) < 4.78 is 13.7. The molecular weight excluding hydrogens is 245 g/mol. The van der Waals surface area contributed by atoms with E-state index in [0.717, 1.165) is 12.8 Å². The average molecular weight is 258 g/mol. The first-order valence-corrected chi connectivity index (χ1v) is 5.90. The van der Waals surface area contributed by atoms with Gasteiger partial charge in [-0.1, -0.05) is 17.7 Å². The Labute approximate surface area is 104 Å². The molecule has 5 heteroatoms. The van der Waals surface area contributed by atoms with Gasteiger partial charge < -0.3 is 5.11 Å². The van der Waals surface area contributed by atoms with Crippen LogP contribution in [0.15, 0.2) is 18.2 Å². The van der Waals surface area contributed by atoms with Crippen molar-refractivity contribution >= 4 is 17.6 Å². The molecule has 1 aliphatic rings. The fourth-order valence-corrected chi connectivity index (χ4v) is 2.50. The Bertz CT molecular complexity index is 412. The van der Waals surface area contributed by atoms with Gasteiger partial charge in [0, 0.05) is 10.6 Å². The van der Waals surface area contributed by atoms with Crippen LogP contribution in [0.25, 0.3) is 0 Å². The second kappa shape index (κ2) is 5.02. The summed E-state index contributed by atoms with van der Waals surface area (Å²) in [7, 11) is 0. The molecule has 1 unspecified atom stereocenters. The van der Waals surface area contributed by atoms with Gasteiger partial charge in [0.15, 0.2) is 0 Å². The zero-order valence-electron chi connectivity index (χ0n) is 9.20. The normalized spacial score (nSPS) is 18.2. The number of hydrogen-bond donors (Lipinski definition) is 1. The van der Waals surface area contributed by atoms with Crippen LogP contribution in [0.2, 0.25) is 5.02 Å². The number of carboxylic acids is 1. The van der Waals surface area contributed by atoms with Crippen molar-refractivity contribution in [2.45, 2.75) is 18.9 Å². The molecular formula is C12H13ClFNO2. The molecule has 0 aromatic heterocycles. The molecule has 0 amide bonds. The minimum Gasteiger partial charge on any atom is -0.480 e. The molecule has 0 saturated carbocycles. The molecule has 0 radical (unpaired) electrons. The lowest BCUT2D eigenvalue weighted by Gasteiger charge is -2.25. The third-order valence-electron chi connectivity index (χ3n) is 3.01. The van der Waals surface area contributed by atoms with Crippen LogP contribution >= 0.6 is 11.6 Å². The van der Waals surface area contributed by atoms with Crippen molar-refractivity contribution in [2.24, 2.45) is 0 Å². The predicted molar refractivity (Wildman–Crippen MR) is 62.6 cm³/mol. The van der Waals surface area contributed by atoms with E-state index in [2.05, 4.69) is 0 Å². The van der Waals surface area contributed by atoms with Crippen LogP contribution in [-0.4, -0.2) is 29.1 Å². The Hall–Kier alpha value is -1.13. The van der Waals surface area contributed by atoms with Crippen LogP contribution in [0, 0.1) is 5.82 Å². The zero-order chi connectivity index (χ0) is 12.4. The summed E-state index contributed by atoms with van der Waals surface area (Å²) in [6.07, 6.45) is 1.88. The SMILES string of the molecule is O=C(O)C(c1c(F)cccc1Cl)N1CCCC1. The number of aliphatic carboxylic acids is 1. The zero-order valence-corrected chi connectivity index (χ0v) is 9.95. The lowest BCUT2D eigenvalue weighted by molar-refractivity contribution is -0.143. The molecule has 1 fully saturated rings. The maximum atomic E-state index is 13.7. The van der Waals surface area contributed by atoms with Gasteiger partial charge in [-0.2, -0.15) is 0 Å². The standard InChI is InChI=1S/C12H13ClFNO2/c13-8-4-3-5-9(14)10(8)11(12(16)17)15-6-1-2-7-15/h3-5,11H,1-2,6-7H2,(H,16,17). The largest absolute Gasteiger partial charge is 0.480 e. The summed E-state index contributed by atoms with van der Waals surface area (Å²) in [5.41, 5.74) is 0.0727. The van der Waals surface area contributed by atoms with Crippen molar-refractivity contribution in [1.29, 1.82) is 0 Å². The van der Waals surface area contributed by atoms with Gasteiger partial charge in [-0.15, -0.1) is 0 Å². The number of nitrogens with zero attached hydrogens (tertiary/aromatic N) is 1. The topological polar surface area (TPSA) is 40.5 Å². The van der Waals surface area contributed by atoms with E-state index in [1.165, 1.54) is 18.2 Å². The Morgan fingerprint density at radius 3 is 2.59 bits per heavy atom. The Morgan fingerprint density at radius 2 is 2.06 bits per heavy atom. The van der Waals surface area contributed by atoms with Crippen molar-refractivity contribution in [3.63, 3.8) is 0 Å². The molecule has 1 aromatic carbocycles. The quantitative estimate of drug-likeness (QED) is 0.905. The maximum Gasteiger partial charge on any atom is 0.325 e. The van der Waals surface area contributed by atoms with E-state index in [1.807, 2.05) is 0 Å². The van der Waals surface area contributed by atoms with E-state index in [-0.39, 0.29) is 10.6 Å². The molecule has 0 bridgehead atoms. The second-order valence-corrected chi connectivity index (χ2v) is 4.53. The molecule has 1 atom stereocenters. The van der Waals surface area contributed by atoms with Crippen molar-refractivity contribution in [2.75, 3.05) is 13.1 Å². The summed E-state index contributed by atoms with van der Waals surface area (Å²) in [5, 5.41) is 9.44. The second-order valence-electron chi connectivity index (χ2n) is 4.12. The van der Waals surface area contributed by atoms with Crippen LogP contribution in [0.3, 0.4) is 0 Å². The van der Waals surface area contributed by atoms with Gasteiger partial charge in [0.25, 0.3) is 0 Å². The van der Waals surface area contributed by atoms with Crippen LogP contribution in [-0.2, 0) is 4.79 Å². The molecule has 1 aliphatic heterocycles. The van der Waals surface area contributed by atoms with Gasteiger partial charge in [-0.25, -0.2) is 4.39 Å². The van der Waals surface area contributed by atoms with Crippen LogP contribution in [0.1, 0.15) is 24.4 Å². The molecule has 0 spiro atoms. The molecule has 92 valence electrons. The van der Waals surface area contributed by atoms with Crippen molar-refractivity contribution in [3.05, 3.63) is 34.6 Å². The summed E-state index contributed by atoms with van der Waals surface area (Å²) in [6.45, 7) is 1.34. The number of carboxylic acid groups (broad SMARTS) is 1. The molecule has 1 aromatic rings. The van der Waals surface area contributed by atoms with Crippen LogP contribution in [0.4, 0.5) is 4.39 Å². The van der Waals surface area contributed by atoms with E-state index in [1.54, 1.807) is 4.90 Å². The number of hydrogen-bond acceptors (Lipinski definition) is 2. The monoisotopic (exact) mass is 257 g/mol. The van der Waals surface area contributed by atoms with Crippen LogP contribution in [0.5, 0.6) is 0 Å². The molecule has 1 heterocycles. The first kappa shape index (κ1) is 12.3. The third-order valence-corrected chi connectivity index (χ3v) is 3.34. The van der Waals surface area contributed by atoms with Gasteiger partial charge in [-0.05, 0) is 38.1 Å². The highest BCUT2D eigenvalue weighted by Gasteiger charge is 2.33. The molecule has 0 aliphatic carbocycles. The van der Waals surface area contributed by atoms with E-state index in [9.17, 15) is 14.3 Å². The Balaban J connectivity index is 2.42.